The van der Waals surface area contributed by atoms with Gasteiger partial charge in [0, 0.05) is 34.5 Å². The van der Waals surface area contributed by atoms with E-state index in [2.05, 4.69) is 107 Å². The first-order chi connectivity index (χ1) is 21.9. The van der Waals surface area contributed by atoms with Crippen molar-refractivity contribution in [1.29, 1.82) is 0 Å². The number of para-hydroxylation sites is 1. The van der Waals surface area contributed by atoms with E-state index in [9.17, 15) is 0 Å². The maximum Gasteiger partial charge on any atom is 2.00 e. The fraction of sp³-hybridized carbons (Fsp3) is 0.200. The summed E-state index contributed by atoms with van der Waals surface area (Å²) >= 11 is 0. The largest absolute Gasteiger partial charge is 2.00 e. The van der Waals surface area contributed by atoms with Crippen molar-refractivity contribution in [2.24, 2.45) is 0 Å². The molecule has 0 saturated carbocycles. The molecule has 3 aromatic heterocycles. The molecule has 0 atom stereocenters. The Kier molecular flexibility index (Phi) is 8.70. The van der Waals surface area contributed by atoms with Crippen LogP contribution >= 0.6 is 0 Å². The maximum atomic E-state index is 6.44. The second-order valence-corrected chi connectivity index (χ2v) is 11.8. The predicted octanol–water partition coefficient (Wildman–Crippen LogP) is 9.78. The molecule has 0 amide bonds. The number of aromatic nitrogens is 4. The average Bonchev–Trinajstić information content (AvgIpc) is 3.59. The first-order valence-corrected chi connectivity index (χ1v) is 15.6. The Labute approximate surface area is 284 Å². The number of nitrogens with zero attached hydrogens (tertiary/aromatic N) is 4. The van der Waals surface area contributed by atoms with E-state index in [0.717, 1.165) is 57.4 Å². The molecule has 7 rings (SSSR count). The molecule has 46 heavy (non-hydrogen) atoms. The smallest absolute Gasteiger partial charge is 0.509 e. The number of ether oxygens (including phenoxy) is 1. The summed E-state index contributed by atoms with van der Waals surface area (Å²) in [7, 11) is 0. The molecule has 0 unspecified atom stereocenters. The zero-order valence-electron chi connectivity index (χ0n) is 27.0. The summed E-state index contributed by atoms with van der Waals surface area (Å²) in [5, 5.41) is 7.36. The molecule has 7 aromatic rings. The number of fused-ring (bicyclic) bond motifs is 3. The molecule has 0 fully saturated rings. The van der Waals surface area contributed by atoms with Crippen LogP contribution in [0, 0.1) is 39.8 Å². The van der Waals surface area contributed by atoms with Gasteiger partial charge in [-0.05, 0) is 97.6 Å². The number of hydrogen-bond acceptors (Lipinski definition) is 3. The number of hydrogen-bond donors (Lipinski definition) is 0. The Bertz CT molecular complexity index is 2200. The third kappa shape index (κ3) is 5.47. The van der Waals surface area contributed by atoms with Gasteiger partial charge in [-0.1, -0.05) is 49.7 Å². The number of benzene rings is 4. The molecule has 5 nitrogen and oxygen atoms in total. The Morgan fingerprint density at radius 1 is 0.761 bits per heavy atom. The Hall–Kier alpha value is -4.50. The second kappa shape index (κ2) is 12.7. The van der Waals surface area contributed by atoms with E-state index in [0.29, 0.717) is 11.5 Å². The van der Waals surface area contributed by atoms with E-state index < -0.39 is 0 Å². The quantitative estimate of drug-likeness (QED) is 0.123. The summed E-state index contributed by atoms with van der Waals surface area (Å²) in [5.41, 5.74) is 12.7. The minimum atomic E-state index is 0. The van der Waals surface area contributed by atoms with Gasteiger partial charge in [-0.15, -0.1) is 35.7 Å². The summed E-state index contributed by atoms with van der Waals surface area (Å²) in [5.74, 6) is 2.08. The van der Waals surface area contributed by atoms with Crippen molar-refractivity contribution in [1.82, 2.24) is 19.3 Å². The van der Waals surface area contributed by atoms with Crippen LogP contribution in [0.2, 0.25) is 0 Å². The summed E-state index contributed by atoms with van der Waals surface area (Å²) < 4.78 is 10.6. The molecule has 0 aliphatic carbocycles. The van der Waals surface area contributed by atoms with Gasteiger partial charge in [-0.3, -0.25) is 4.68 Å². The fourth-order valence-corrected chi connectivity index (χ4v) is 6.34. The average molecular weight is 695 g/mol. The van der Waals surface area contributed by atoms with E-state index in [-0.39, 0.29) is 20.4 Å². The zero-order chi connectivity index (χ0) is 31.2. The molecule has 3 heterocycles. The van der Waals surface area contributed by atoms with Gasteiger partial charge in [0.1, 0.15) is 5.82 Å². The topological polar surface area (TPSA) is 44.9 Å². The van der Waals surface area contributed by atoms with E-state index in [1.54, 1.807) is 0 Å². The van der Waals surface area contributed by atoms with Gasteiger partial charge < -0.3 is 9.30 Å². The Balaban J connectivity index is 0.00000372. The summed E-state index contributed by atoms with van der Waals surface area (Å²) in [6, 6.07) is 34.2. The fourth-order valence-electron chi connectivity index (χ4n) is 6.34. The van der Waals surface area contributed by atoms with Crippen LogP contribution in [-0.2, 0) is 33.3 Å². The van der Waals surface area contributed by atoms with Crippen molar-refractivity contribution in [3.05, 3.63) is 131 Å². The molecule has 0 N–H and O–H groups in total. The van der Waals surface area contributed by atoms with Crippen molar-refractivity contribution in [3.8, 4) is 34.1 Å². The number of aryl methyl sites for hydroxylation is 4. The van der Waals surface area contributed by atoms with Gasteiger partial charge in [0.05, 0.1) is 5.69 Å². The number of pyridine rings is 1. The zero-order valence-corrected chi connectivity index (χ0v) is 28.6. The SMILES string of the molecule is CCc1nn(-c2[c-]c(Oc3[c-]c4c(cc3)c3ccccc3n4-c3cc(C)ccn3)ccc2)c(CC)c1-c1cc(C)c(C)c(C)c1.[Pd+2]. The van der Waals surface area contributed by atoms with Crippen molar-refractivity contribution < 1.29 is 25.2 Å². The summed E-state index contributed by atoms with van der Waals surface area (Å²) in [6.07, 6.45) is 3.54. The standard InChI is InChI=1S/C40H36N4O.Pd/c1-7-35-40(29-21-26(4)28(6)27(5)22-29)36(8-2)44(42-35)30-12-11-13-31(23-30)45-32-16-17-34-33-14-9-10-15-37(33)43(38(34)24-32)39-20-25(3)18-19-41-39;/h9-22H,7-8H2,1-6H3;/q-2;+2. The van der Waals surface area contributed by atoms with Crippen molar-refractivity contribution in [2.75, 3.05) is 0 Å². The Morgan fingerprint density at radius 3 is 2.26 bits per heavy atom. The summed E-state index contributed by atoms with van der Waals surface area (Å²) in [6.45, 7) is 13.0. The van der Waals surface area contributed by atoms with Crippen LogP contribution in [-0.4, -0.2) is 19.3 Å². The normalized spacial score (nSPS) is 11.3. The molecule has 0 aliphatic rings. The van der Waals surface area contributed by atoms with Gasteiger partial charge in [0.25, 0.3) is 0 Å². The predicted molar refractivity (Wildman–Crippen MR) is 183 cm³/mol. The van der Waals surface area contributed by atoms with Gasteiger partial charge >= 0.3 is 20.4 Å². The third-order valence-electron chi connectivity index (χ3n) is 8.83. The van der Waals surface area contributed by atoms with Crippen LogP contribution in [0.15, 0.2) is 85.1 Å². The van der Waals surface area contributed by atoms with Crippen LogP contribution in [0.4, 0.5) is 0 Å². The first-order valence-electron chi connectivity index (χ1n) is 15.6. The number of rotatable bonds is 7. The van der Waals surface area contributed by atoms with Crippen LogP contribution < -0.4 is 4.74 Å². The van der Waals surface area contributed by atoms with Crippen LogP contribution in [0.3, 0.4) is 0 Å². The third-order valence-corrected chi connectivity index (χ3v) is 8.83. The van der Waals surface area contributed by atoms with Gasteiger partial charge in [0.2, 0.25) is 0 Å². The van der Waals surface area contributed by atoms with Crippen LogP contribution in [0.25, 0.3) is 44.4 Å². The van der Waals surface area contributed by atoms with Crippen molar-refractivity contribution >= 4 is 21.8 Å². The second-order valence-electron chi connectivity index (χ2n) is 11.8. The van der Waals surface area contributed by atoms with Crippen molar-refractivity contribution in [3.63, 3.8) is 0 Å². The first kappa shape index (κ1) is 31.5. The molecule has 6 heteroatoms. The van der Waals surface area contributed by atoms with Crippen LogP contribution in [0.5, 0.6) is 11.5 Å². The molecule has 0 saturated heterocycles. The summed E-state index contributed by atoms with van der Waals surface area (Å²) in [4.78, 5) is 4.70. The molecule has 232 valence electrons. The van der Waals surface area contributed by atoms with Crippen LogP contribution in [0.1, 0.15) is 47.5 Å². The van der Waals surface area contributed by atoms with Crippen molar-refractivity contribution in [2.45, 2.75) is 54.4 Å². The van der Waals surface area contributed by atoms with E-state index >= 15 is 0 Å². The molecule has 4 aromatic carbocycles. The van der Waals surface area contributed by atoms with Gasteiger partial charge in [-0.2, -0.15) is 17.2 Å². The van der Waals surface area contributed by atoms with E-state index in [4.69, 9.17) is 14.8 Å². The molecular formula is C40H36N4OPd. The van der Waals surface area contributed by atoms with Gasteiger partial charge in [0.15, 0.2) is 0 Å². The van der Waals surface area contributed by atoms with E-state index in [1.807, 2.05) is 41.2 Å². The maximum absolute atomic E-state index is 6.44. The van der Waals surface area contributed by atoms with Gasteiger partial charge in [-0.25, -0.2) is 4.98 Å². The molecule has 0 bridgehead atoms. The molecule has 0 spiro atoms. The monoisotopic (exact) mass is 694 g/mol. The molecule has 0 aliphatic heterocycles. The Morgan fingerprint density at radius 2 is 1.52 bits per heavy atom. The van der Waals surface area contributed by atoms with E-state index in [1.165, 1.54) is 33.5 Å². The minimum Gasteiger partial charge on any atom is -0.509 e. The molecule has 0 radical (unpaired) electrons. The minimum absolute atomic E-state index is 0. The molecular weight excluding hydrogens is 659 g/mol.